The lowest BCUT2D eigenvalue weighted by molar-refractivity contribution is -0.120. The van der Waals surface area contributed by atoms with E-state index < -0.39 is 0 Å². The molecule has 2 heterocycles. The van der Waals surface area contributed by atoms with Crippen LogP contribution in [0.5, 0.6) is 23.0 Å². The van der Waals surface area contributed by atoms with E-state index >= 15 is 0 Å². The minimum absolute atomic E-state index is 0.0362. The van der Waals surface area contributed by atoms with Gasteiger partial charge < -0.3 is 23.8 Å². The van der Waals surface area contributed by atoms with Gasteiger partial charge in [0.15, 0.2) is 29.6 Å². The molecule has 124 valence electrons. The van der Waals surface area contributed by atoms with Crippen LogP contribution in [0.1, 0.15) is 12.5 Å². The molecule has 0 aliphatic carbocycles. The Hall–Kier alpha value is -2.89. The number of fused-ring (bicyclic) bond motifs is 2. The van der Waals surface area contributed by atoms with E-state index in [1.165, 1.54) is 0 Å². The molecule has 0 bridgehead atoms. The number of amides is 1. The Bertz CT molecular complexity index is 789. The fourth-order valence-electron chi connectivity index (χ4n) is 2.88. The Kier molecular flexibility index (Phi) is 3.65. The van der Waals surface area contributed by atoms with Gasteiger partial charge in [-0.2, -0.15) is 0 Å². The molecule has 24 heavy (non-hydrogen) atoms. The van der Waals surface area contributed by atoms with Crippen molar-refractivity contribution in [1.82, 2.24) is 0 Å². The number of nitrogens with zero attached hydrogens (tertiary/aromatic N) is 1. The van der Waals surface area contributed by atoms with E-state index in [1.54, 1.807) is 4.90 Å². The Labute approximate surface area is 139 Å². The average molecular weight is 327 g/mol. The van der Waals surface area contributed by atoms with Crippen LogP contribution in [0.2, 0.25) is 0 Å². The second kappa shape index (κ2) is 5.96. The minimum atomic E-state index is -0.118. The lowest BCUT2D eigenvalue weighted by atomic mass is 10.1. The maximum Gasteiger partial charge on any atom is 0.265 e. The molecule has 4 rings (SSSR count). The van der Waals surface area contributed by atoms with E-state index in [-0.39, 0.29) is 19.3 Å². The summed E-state index contributed by atoms with van der Waals surface area (Å²) < 4.78 is 22.1. The number of hydrogen-bond acceptors (Lipinski definition) is 5. The molecule has 2 aliphatic heterocycles. The van der Waals surface area contributed by atoms with Crippen LogP contribution in [-0.2, 0) is 11.3 Å². The predicted molar refractivity (Wildman–Crippen MR) is 86.9 cm³/mol. The van der Waals surface area contributed by atoms with Gasteiger partial charge in [-0.25, -0.2) is 0 Å². The topological polar surface area (TPSA) is 57.2 Å². The second-order valence-electron chi connectivity index (χ2n) is 5.48. The van der Waals surface area contributed by atoms with Gasteiger partial charge in [0.2, 0.25) is 6.79 Å². The van der Waals surface area contributed by atoms with Gasteiger partial charge in [0.05, 0.1) is 13.2 Å². The van der Waals surface area contributed by atoms with Crippen LogP contribution in [-0.4, -0.2) is 25.9 Å². The molecule has 0 fully saturated rings. The third kappa shape index (κ3) is 2.50. The van der Waals surface area contributed by atoms with Gasteiger partial charge >= 0.3 is 0 Å². The SMILES string of the molecule is CCOc1cccc2c1OCC(=O)N(c1ccc3c(c1)OCO3)C2. The van der Waals surface area contributed by atoms with Gasteiger partial charge in [0, 0.05) is 17.3 Å². The smallest absolute Gasteiger partial charge is 0.265 e. The molecule has 0 unspecified atom stereocenters. The van der Waals surface area contributed by atoms with Crippen LogP contribution >= 0.6 is 0 Å². The molecule has 0 radical (unpaired) electrons. The fourth-order valence-corrected chi connectivity index (χ4v) is 2.88. The first-order valence-electron chi connectivity index (χ1n) is 7.84. The summed E-state index contributed by atoms with van der Waals surface area (Å²) in [5.41, 5.74) is 1.66. The van der Waals surface area contributed by atoms with Crippen LogP contribution in [0, 0.1) is 0 Å². The summed E-state index contributed by atoms with van der Waals surface area (Å²) >= 11 is 0. The van der Waals surface area contributed by atoms with Crippen molar-refractivity contribution in [2.24, 2.45) is 0 Å². The van der Waals surface area contributed by atoms with Gasteiger partial charge in [-0.1, -0.05) is 12.1 Å². The van der Waals surface area contributed by atoms with E-state index in [9.17, 15) is 4.79 Å². The molecule has 0 atom stereocenters. The van der Waals surface area contributed by atoms with Gasteiger partial charge in [-0.05, 0) is 25.1 Å². The number of para-hydroxylation sites is 1. The third-order valence-corrected chi connectivity index (χ3v) is 4.00. The molecular formula is C18H17NO5. The van der Waals surface area contributed by atoms with E-state index in [0.717, 1.165) is 11.3 Å². The highest BCUT2D eigenvalue weighted by Crippen LogP contribution is 2.38. The molecule has 1 amide bonds. The zero-order valence-corrected chi connectivity index (χ0v) is 13.3. The number of ether oxygens (including phenoxy) is 4. The standard InChI is InChI=1S/C18H17NO5/c1-2-21-15-5-3-4-12-9-19(17(20)10-22-18(12)15)13-6-7-14-16(8-13)24-11-23-14/h3-8H,2,9-11H2,1H3. The largest absolute Gasteiger partial charge is 0.490 e. The first-order valence-corrected chi connectivity index (χ1v) is 7.84. The maximum atomic E-state index is 12.5. The predicted octanol–water partition coefficient (Wildman–Crippen LogP) is 2.74. The summed E-state index contributed by atoms with van der Waals surface area (Å²) in [7, 11) is 0. The van der Waals surface area contributed by atoms with Gasteiger partial charge in [-0.3, -0.25) is 4.79 Å². The molecule has 0 saturated heterocycles. The summed E-state index contributed by atoms with van der Waals surface area (Å²) in [6.07, 6.45) is 0. The first kappa shape index (κ1) is 14.7. The van der Waals surface area contributed by atoms with Crippen molar-refractivity contribution >= 4 is 11.6 Å². The Balaban J connectivity index is 1.69. The van der Waals surface area contributed by atoms with Crippen LogP contribution in [0.15, 0.2) is 36.4 Å². The third-order valence-electron chi connectivity index (χ3n) is 4.00. The van der Waals surface area contributed by atoms with Crippen LogP contribution in [0.4, 0.5) is 5.69 Å². The Morgan fingerprint density at radius 2 is 2.00 bits per heavy atom. The number of carbonyl (C=O) groups is 1. The zero-order chi connectivity index (χ0) is 16.5. The van der Waals surface area contributed by atoms with Crippen molar-refractivity contribution < 1.29 is 23.7 Å². The quantitative estimate of drug-likeness (QED) is 0.867. The van der Waals surface area contributed by atoms with Crippen molar-refractivity contribution in [3.05, 3.63) is 42.0 Å². The molecular weight excluding hydrogens is 310 g/mol. The summed E-state index contributed by atoms with van der Waals surface area (Å²) in [5, 5.41) is 0. The zero-order valence-electron chi connectivity index (χ0n) is 13.3. The van der Waals surface area contributed by atoms with Crippen LogP contribution < -0.4 is 23.8 Å². The number of anilines is 1. The summed E-state index contributed by atoms with van der Waals surface area (Å²) in [4.78, 5) is 14.2. The number of rotatable bonds is 3. The molecule has 2 aliphatic rings. The van der Waals surface area contributed by atoms with Gasteiger partial charge in [0.25, 0.3) is 5.91 Å². The van der Waals surface area contributed by atoms with Gasteiger partial charge in [-0.15, -0.1) is 0 Å². The fraction of sp³-hybridized carbons (Fsp3) is 0.278. The van der Waals surface area contributed by atoms with Crippen molar-refractivity contribution in [3.63, 3.8) is 0 Å². The van der Waals surface area contributed by atoms with Crippen molar-refractivity contribution in [3.8, 4) is 23.0 Å². The van der Waals surface area contributed by atoms with E-state index in [1.807, 2.05) is 43.3 Å². The van der Waals surface area contributed by atoms with Crippen molar-refractivity contribution in [1.29, 1.82) is 0 Å². The highest BCUT2D eigenvalue weighted by molar-refractivity contribution is 5.95. The lowest BCUT2D eigenvalue weighted by Gasteiger charge is -2.20. The van der Waals surface area contributed by atoms with E-state index in [0.29, 0.717) is 36.1 Å². The Morgan fingerprint density at radius 1 is 1.12 bits per heavy atom. The molecule has 6 heteroatoms. The molecule has 2 aromatic carbocycles. The molecule has 0 spiro atoms. The highest BCUT2D eigenvalue weighted by atomic mass is 16.7. The van der Waals surface area contributed by atoms with Gasteiger partial charge in [0.1, 0.15) is 0 Å². The molecule has 0 N–H and O–H groups in total. The summed E-state index contributed by atoms with van der Waals surface area (Å²) in [6.45, 7) is 3.04. The average Bonchev–Trinajstić information content (AvgIpc) is 2.99. The summed E-state index contributed by atoms with van der Waals surface area (Å²) in [6, 6.07) is 11.2. The molecule has 6 nitrogen and oxygen atoms in total. The number of hydrogen-bond donors (Lipinski definition) is 0. The molecule has 2 aromatic rings. The normalized spacial score (nSPS) is 15.5. The minimum Gasteiger partial charge on any atom is -0.490 e. The van der Waals surface area contributed by atoms with E-state index in [4.69, 9.17) is 18.9 Å². The monoisotopic (exact) mass is 327 g/mol. The maximum absolute atomic E-state index is 12.5. The second-order valence-corrected chi connectivity index (χ2v) is 5.48. The summed E-state index contributed by atoms with van der Waals surface area (Å²) in [5.74, 6) is 2.52. The molecule has 0 aromatic heterocycles. The van der Waals surface area contributed by atoms with Crippen molar-refractivity contribution in [2.75, 3.05) is 24.9 Å². The highest BCUT2D eigenvalue weighted by Gasteiger charge is 2.26. The molecule has 0 saturated carbocycles. The number of benzene rings is 2. The van der Waals surface area contributed by atoms with Crippen LogP contribution in [0.3, 0.4) is 0 Å². The number of carbonyl (C=O) groups excluding carboxylic acids is 1. The first-order chi connectivity index (χ1) is 11.8. The Morgan fingerprint density at radius 3 is 2.88 bits per heavy atom. The lowest BCUT2D eigenvalue weighted by Crippen LogP contribution is -2.32. The van der Waals surface area contributed by atoms with E-state index in [2.05, 4.69) is 0 Å². The van der Waals surface area contributed by atoms with Crippen molar-refractivity contribution in [2.45, 2.75) is 13.5 Å². The van der Waals surface area contributed by atoms with Crippen LogP contribution in [0.25, 0.3) is 0 Å².